The average Bonchev–Trinajstić information content (AvgIpc) is 3.25. The molecule has 2 aromatic rings. The first kappa shape index (κ1) is 15.5. The van der Waals surface area contributed by atoms with Crippen LogP contribution >= 0.6 is 0 Å². The number of hydrogen-bond donors (Lipinski definition) is 1. The van der Waals surface area contributed by atoms with Gasteiger partial charge in [0.2, 0.25) is 0 Å². The SMILES string of the molecule is Cc1cc(NS(=O)(=O)c2ccc(O[C@H]3C[C@H]4CCC3C4)cc2)no1. The van der Waals surface area contributed by atoms with Gasteiger partial charge in [-0.25, -0.2) is 8.42 Å². The van der Waals surface area contributed by atoms with Gasteiger partial charge in [-0.3, -0.25) is 4.72 Å². The van der Waals surface area contributed by atoms with E-state index in [0.29, 0.717) is 11.7 Å². The lowest BCUT2D eigenvalue weighted by Crippen LogP contribution is -2.23. The van der Waals surface area contributed by atoms with Crippen LogP contribution in [0.5, 0.6) is 5.75 Å². The van der Waals surface area contributed by atoms with Crippen LogP contribution in [-0.4, -0.2) is 19.7 Å². The quantitative estimate of drug-likeness (QED) is 0.896. The largest absolute Gasteiger partial charge is 0.490 e. The predicted molar refractivity (Wildman–Crippen MR) is 88.4 cm³/mol. The molecule has 4 rings (SSSR count). The van der Waals surface area contributed by atoms with Gasteiger partial charge in [0, 0.05) is 6.07 Å². The zero-order valence-electron chi connectivity index (χ0n) is 13.4. The summed E-state index contributed by atoms with van der Waals surface area (Å²) in [4.78, 5) is 0.170. The van der Waals surface area contributed by atoms with Crippen molar-refractivity contribution in [2.45, 2.75) is 43.6 Å². The fourth-order valence-corrected chi connectivity index (χ4v) is 4.80. The van der Waals surface area contributed by atoms with E-state index in [9.17, 15) is 8.42 Å². The molecule has 0 aliphatic heterocycles. The molecule has 0 amide bonds. The van der Waals surface area contributed by atoms with Gasteiger partial charge < -0.3 is 9.26 Å². The summed E-state index contributed by atoms with van der Waals surface area (Å²) < 4.78 is 38.0. The lowest BCUT2D eigenvalue weighted by atomic mass is 9.98. The van der Waals surface area contributed by atoms with Crippen LogP contribution in [0.1, 0.15) is 31.4 Å². The third-order valence-electron chi connectivity index (χ3n) is 4.96. The first-order valence-electron chi connectivity index (χ1n) is 8.22. The monoisotopic (exact) mass is 348 g/mol. The fraction of sp³-hybridized carbons (Fsp3) is 0.471. The van der Waals surface area contributed by atoms with Crippen molar-refractivity contribution in [1.29, 1.82) is 0 Å². The summed E-state index contributed by atoms with van der Waals surface area (Å²) in [6, 6.07) is 8.07. The molecule has 1 heterocycles. The Hall–Kier alpha value is -2.02. The lowest BCUT2D eigenvalue weighted by Gasteiger charge is -2.23. The Morgan fingerprint density at radius 3 is 2.58 bits per heavy atom. The van der Waals surface area contributed by atoms with E-state index in [-0.39, 0.29) is 16.8 Å². The van der Waals surface area contributed by atoms with Gasteiger partial charge in [0.15, 0.2) is 5.82 Å². The van der Waals surface area contributed by atoms with Crippen LogP contribution in [-0.2, 0) is 10.0 Å². The highest BCUT2D eigenvalue weighted by atomic mass is 32.2. The number of aromatic nitrogens is 1. The van der Waals surface area contributed by atoms with Crippen LogP contribution < -0.4 is 9.46 Å². The Balaban J connectivity index is 1.45. The average molecular weight is 348 g/mol. The van der Waals surface area contributed by atoms with Crippen LogP contribution in [0.2, 0.25) is 0 Å². The summed E-state index contributed by atoms with van der Waals surface area (Å²) in [6.45, 7) is 1.70. The highest BCUT2D eigenvalue weighted by Gasteiger charge is 2.40. The van der Waals surface area contributed by atoms with Crippen LogP contribution in [0.3, 0.4) is 0 Å². The van der Waals surface area contributed by atoms with Crippen molar-refractivity contribution in [1.82, 2.24) is 5.16 Å². The lowest BCUT2D eigenvalue weighted by molar-refractivity contribution is 0.138. The van der Waals surface area contributed by atoms with Crippen molar-refractivity contribution in [3.63, 3.8) is 0 Å². The van der Waals surface area contributed by atoms with E-state index in [0.717, 1.165) is 18.1 Å². The molecule has 6 nitrogen and oxygen atoms in total. The summed E-state index contributed by atoms with van der Waals surface area (Å²) in [5, 5.41) is 3.64. The second-order valence-corrected chi connectivity index (χ2v) is 8.41. The molecule has 1 aromatic heterocycles. The number of benzene rings is 1. The summed E-state index contributed by atoms with van der Waals surface area (Å²) in [5.74, 6) is 2.92. The predicted octanol–water partition coefficient (Wildman–Crippen LogP) is 3.35. The highest BCUT2D eigenvalue weighted by molar-refractivity contribution is 7.92. The molecule has 2 saturated carbocycles. The van der Waals surface area contributed by atoms with Crippen LogP contribution in [0.15, 0.2) is 39.8 Å². The van der Waals surface area contributed by atoms with Gasteiger partial charge in [-0.1, -0.05) is 5.16 Å². The minimum Gasteiger partial charge on any atom is -0.490 e. The van der Waals surface area contributed by atoms with E-state index in [1.54, 1.807) is 31.2 Å². The zero-order chi connectivity index (χ0) is 16.7. The second kappa shape index (κ2) is 5.81. The van der Waals surface area contributed by atoms with E-state index in [2.05, 4.69) is 9.88 Å². The molecule has 0 saturated heterocycles. The van der Waals surface area contributed by atoms with Crippen LogP contribution in [0, 0.1) is 18.8 Å². The minimum atomic E-state index is -3.68. The molecule has 7 heteroatoms. The van der Waals surface area contributed by atoms with Crippen LogP contribution in [0.4, 0.5) is 5.82 Å². The van der Waals surface area contributed by atoms with Gasteiger partial charge in [-0.15, -0.1) is 0 Å². The van der Waals surface area contributed by atoms with Crippen molar-refractivity contribution >= 4 is 15.8 Å². The highest BCUT2D eigenvalue weighted by Crippen LogP contribution is 2.46. The number of nitrogens with one attached hydrogen (secondary N) is 1. The van der Waals surface area contributed by atoms with E-state index in [1.165, 1.54) is 25.3 Å². The molecule has 128 valence electrons. The van der Waals surface area contributed by atoms with Crippen molar-refractivity contribution < 1.29 is 17.7 Å². The number of fused-ring (bicyclic) bond motifs is 2. The molecule has 1 N–H and O–H groups in total. The number of aryl methyl sites for hydroxylation is 1. The summed E-state index contributed by atoms with van der Waals surface area (Å²) in [6.07, 6.45) is 5.26. The van der Waals surface area contributed by atoms with E-state index in [1.807, 2.05) is 0 Å². The molecule has 24 heavy (non-hydrogen) atoms. The number of rotatable bonds is 5. The molecular weight excluding hydrogens is 328 g/mol. The molecular formula is C17H20N2O4S. The van der Waals surface area contributed by atoms with Gasteiger partial charge in [-0.05, 0) is 68.7 Å². The first-order chi connectivity index (χ1) is 11.5. The Bertz CT molecular complexity index is 829. The maximum absolute atomic E-state index is 12.3. The number of nitrogens with zero attached hydrogens (tertiary/aromatic N) is 1. The summed E-state index contributed by atoms with van der Waals surface area (Å²) in [7, 11) is -3.68. The van der Waals surface area contributed by atoms with Crippen LogP contribution in [0.25, 0.3) is 0 Å². The second-order valence-electron chi connectivity index (χ2n) is 6.73. The van der Waals surface area contributed by atoms with Gasteiger partial charge in [0.1, 0.15) is 17.6 Å². The maximum atomic E-state index is 12.3. The van der Waals surface area contributed by atoms with Gasteiger partial charge in [-0.2, -0.15) is 0 Å². The molecule has 2 fully saturated rings. The standard InChI is InChI=1S/C17H20N2O4S/c1-11-8-17(18-23-11)19-24(20,21)15-6-4-14(5-7-15)22-16-10-12-2-3-13(16)9-12/h4-8,12-13,16H,2-3,9-10H2,1H3,(H,18,19)/t12-,13?,16-/m0/s1. The minimum absolute atomic E-state index is 0.170. The van der Waals surface area contributed by atoms with Crippen molar-refractivity contribution in [2.24, 2.45) is 11.8 Å². The molecule has 2 aliphatic rings. The van der Waals surface area contributed by atoms with E-state index in [4.69, 9.17) is 9.26 Å². The Labute approximate surface area is 141 Å². The van der Waals surface area contributed by atoms with Gasteiger partial charge in [0.05, 0.1) is 4.90 Å². The number of anilines is 1. The maximum Gasteiger partial charge on any atom is 0.263 e. The Kier molecular flexibility index (Phi) is 3.75. The molecule has 0 radical (unpaired) electrons. The molecule has 1 aromatic carbocycles. The van der Waals surface area contributed by atoms with Gasteiger partial charge in [0.25, 0.3) is 10.0 Å². The fourth-order valence-electron chi connectivity index (χ4n) is 3.81. The number of hydrogen-bond acceptors (Lipinski definition) is 5. The van der Waals surface area contributed by atoms with E-state index < -0.39 is 10.0 Å². The first-order valence-corrected chi connectivity index (χ1v) is 9.71. The van der Waals surface area contributed by atoms with Crippen molar-refractivity contribution in [3.05, 3.63) is 36.1 Å². The number of ether oxygens (including phenoxy) is 1. The summed E-state index contributed by atoms with van der Waals surface area (Å²) in [5.41, 5.74) is 0. The molecule has 2 bridgehead atoms. The normalized spacial score (nSPS) is 25.8. The third kappa shape index (κ3) is 3.00. The third-order valence-corrected chi connectivity index (χ3v) is 6.33. The molecule has 0 spiro atoms. The molecule has 2 aliphatic carbocycles. The Morgan fingerprint density at radius 2 is 2.00 bits per heavy atom. The van der Waals surface area contributed by atoms with E-state index >= 15 is 0 Å². The number of sulfonamides is 1. The smallest absolute Gasteiger partial charge is 0.263 e. The van der Waals surface area contributed by atoms with Crippen molar-refractivity contribution in [2.75, 3.05) is 4.72 Å². The van der Waals surface area contributed by atoms with Crippen molar-refractivity contribution in [3.8, 4) is 5.75 Å². The topological polar surface area (TPSA) is 81.4 Å². The molecule has 3 atom stereocenters. The Morgan fingerprint density at radius 1 is 1.21 bits per heavy atom. The molecule has 1 unspecified atom stereocenters. The zero-order valence-corrected chi connectivity index (χ0v) is 14.3. The van der Waals surface area contributed by atoms with Gasteiger partial charge >= 0.3 is 0 Å². The summed E-state index contributed by atoms with van der Waals surface area (Å²) >= 11 is 0.